The fourth-order valence-corrected chi connectivity index (χ4v) is 3.33. The smallest absolute Gasteiger partial charge is 0.337 e. The molecule has 1 aromatic carbocycles. The lowest BCUT2D eigenvalue weighted by Crippen LogP contribution is -2.04. The Labute approximate surface area is 93.5 Å². The molecule has 0 fully saturated rings. The first kappa shape index (κ1) is 10.9. The molecule has 84 valence electrons. The molecule has 4 nitrogen and oxygen atoms in total. The Morgan fingerprint density at radius 3 is 2.75 bits per heavy atom. The van der Waals surface area contributed by atoms with Crippen molar-refractivity contribution in [2.24, 2.45) is 0 Å². The highest BCUT2D eigenvalue weighted by atomic mass is 32.2. The fraction of sp³-hybridized carbons (Fsp3) is 0.182. The number of methoxy groups -OCH3 is 1. The summed E-state index contributed by atoms with van der Waals surface area (Å²) in [6.45, 7) is 3.69. The summed E-state index contributed by atoms with van der Waals surface area (Å²) < 4.78 is 28.0. The van der Waals surface area contributed by atoms with E-state index in [9.17, 15) is 13.2 Å². The van der Waals surface area contributed by atoms with E-state index in [0.717, 1.165) is 0 Å². The van der Waals surface area contributed by atoms with Crippen molar-refractivity contribution in [3.8, 4) is 0 Å². The Bertz CT molecular complexity index is 584. The summed E-state index contributed by atoms with van der Waals surface area (Å²) in [5, 5.41) is 0. The first-order valence-electron chi connectivity index (χ1n) is 4.59. The van der Waals surface area contributed by atoms with Crippen molar-refractivity contribution < 1.29 is 17.9 Å². The second-order valence-electron chi connectivity index (χ2n) is 3.57. The van der Waals surface area contributed by atoms with E-state index >= 15 is 0 Å². The summed E-state index contributed by atoms with van der Waals surface area (Å²) in [5.74, 6) is -0.622. The van der Waals surface area contributed by atoms with Crippen LogP contribution in [0.15, 0.2) is 29.7 Å². The normalized spacial score (nSPS) is 16.9. The lowest BCUT2D eigenvalue weighted by atomic mass is 10.1. The van der Waals surface area contributed by atoms with E-state index in [-0.39, 0.29) is 16.2 Å². The monoisotopic (exact) mass is 238 g/mol. The molecule has 0 saturated carbocycles. The Balaban J connectivity index is 2.64. The van der Waals surface area contributed by atoms with Gasteiger partial charge < -0.3 is 4.74 Å². The lowest BCUT2D eigenvalue weighted by Gasteiger charge is -2.02. The van der Waals surface area contributed by atoms with Gasteiger partial charge in [-0.05, 0) is 23.3 Å². The third-order valence-corrected chi connectivity index (χ3v) is 4.22. The lowest BCUT2D eigenvalue weighted by molar-refractivity contribution is 0.0600. The Morgan fingerprint density at radius 1 is 1.44 bits per heavy atom. The van der Waals surface area contributed by atoms with E-state index in [0.29, 0.717) is 11.1 Å². The highest BCUT2D eigenvalue weighted by Gasteiger charge is 2.29. The minimum Gasteiger partial charge on any atom is -0.465 e. The van der Waals surface area contributed by atoms with Gasteiger partial charge in [-0.25, -0.2) is 13.2 Å². The van der Waals surface area contributed by atoms with Crippen molar-refractivity contribution in [1.82, 2.24) is 0 Å². The number of fused-ring (bicyclic) bond motifs is 1. The number of ether oxygens (including phenoxy) is 1. The molecule has 0 N–H and O–H groups in total. The molecule has 0 bridgehead atoms. The van der Waals surface area contributed by atoms with Gasteiger partial charge in [0.15, 0.2) is 9.84 Å². The maximum Gasteiger partial charge on any atom is 0.337 e. The zero-order chi connectivity index (χ0) is 11.9. The molecule has 0 aliphatic carbocycles. The summed E-state index contributed by atoms with van der Waals surface area (Å²) >= 11 is 0. The molecule has 0 spiro atoms. The van der Waals surface area contributed by atoms with Crippen LogP contribution >= 0.6 is 0 Å². The Hall–Kier alpha value is -1.62. The topological polar surface area (TPSA) is 60.4 Å². The average molecular weight is 238 g/mol. The number of hydrogen-bond donors (Lipinski definition) is 0. The molecule has 1 aliphatic heterocycles. The largest absolute Gasteiger partial charge is 0.465 e. The van der Waals surface area contributed by atoms with Gasteiger partial charge in [-0.15, -0.1) is 0 Å². The van der Waals surface area contributed by atoms with Crippen molar-refractivity contribution in [3.05, 3.63) is 35.9 Å². The summed E-state index contributed by atoms with van der Waals surface area (Å²) in [7, 11) is -2.07. The molecule has 0 unspecified atom stereocenters. The molecule has 0 saturated heterocycles. The van der Waals surface area contributed by atoms with Crippen LogP contribution in [0.2, 0.25) is 0 Å². The van der Waals surface area contributed by atoms with Gasteiger partial charge in [-0.2, -0.15) is 0 Å². The van der Waals surface area contributed by atoms with E-state index < -0.39 is 15.8 Å². The van der Waals surface area contributed by atoms with Gasteiger partial charge in [0.2, 0.25) is 0 Å². The minimum atomic E-state index is -3.33. The van der Waals surface area contributed by atoms with Crippen LogP contribution < -0.4 is 0 Å². The van der Waals surface area contributed by atoms with E-state index in [1.807, 2.05) is 0 Å². The van der Waals surface area contributed by atoms with Crippen LogP contribution in [0.5, 0.6) is 0 Å². The molecule has 16 heavy (non-hydrogen) atoms. The van der Waals surface area contributed by atoms with E-state index in [4.69, 9.17) is 0 Å². The van der Waals surface area contributed by atoms with Crippen LogP contribution in [0.4, 0.5) is 0 Å². The third-order valence-electron chi connectivity index (χ3n) is 2.48. The van der Waals surface area contributed by atoms with Crippen molar-refractivity contribution in [3.63, 3.8) is 0 Å². The van der Waals surface area contributed by atoms with Gasteiger partial charge in [-0.1, -0.05) is 12.6 Å². The van der Waals surface area contributed by atoms with Crippen LogP contribution in [0.3, 0.4) is 0 Å². The zero-order valence-electron chi connectivity index (χ0n) is 8.69. The minimum absolute atomic E-state index is 0.0764. The maximum atomic E-state index is 11.7. The number of hydrogen-bond acceptors (Lipinski definition) is 4. The quantitative estimate of drug-likeness (QED) is 0.691. The summed E-state index contributed by atoms with van der Waals surface area (Å²) in [6.07, 6.45) is 0. The second-order valence-corrected chi connectivity index (χ2v) is 5.52. The van der Waals surface area contributed by atoms with Gasteiger partial charge in [0.05, 0.1) is 23.3 Å². The molecule has 0 aromatic heterocycles. The highest BCUT2D eigenvalue weighted by Crippen LogP contribution is 2.33. The molecule has 1 aromatic rings. The van der Waals surface area contributed by atoms with Crippen molar-refractivity contribution >= 4 is 21.4 Å². The van der Waals surface area contributed by atoms with Crippen LogP contribution in [-0.4, -0.2) is 27.2 Å². The number of benzene rings is 1. The fourth-order valence-electron chi connectivity index (χ4n) is 1.70. The predicted octanol–water partition coefficient (Wildman–Crippen LogP) is 1.27. The van der Waals surface area contributed by atoms with E-state index in [1.54, 1.807) is 6.07 Å². The van der Waals surface area contributed by atoms with E-state index in [1.165, 1.54) is 19.2 Å². The number of esters is 1. The van der Waals surface area contributed by atoms with Gasteiger partial charge in [-0.3, -0.25) is 0 Å². The molecular formula is C11H10O4S. The SMILES string of the molecule is C=C1CS(=O)(=O)c2cc(C(=O)OC)ccc21. The van der Waals surface area contributed by atoms with Crippen LogP contribution in [0.25, 0.3) is 5.57 Å². The number of rotatable bonds is 1. The Morgan fingerprint density at radius 2 is 2.12 bits per heavy atom. The molecule has 1 aliphatic rings. The molecule has 0 atom stereocenters. The number of carbonyl (C=O) groups is 1. The average Bonchev–Trinajstić information content (AvgIpc) is 2.48. The van der Waals surface area contributed by atoms with Gasteiger partial charge in [0, 0.05) is 0 Å². The predicted molar refractivity (Wildman–Crippen MR) is 58.9 cm³/mol. The zero-order valence-corrected chi connectivity index (χ0v) is 9.50. The highest BCUT2D eigenvalue weighted by molar-refractivity contribution is 7.92. The van der Waals surface area contributed by atoms with Crippen molar-refractivity contribution in [1.29, 1.82) is 0 Å². The van der Waals surface area contributed by atoms with Crippen LogP contribution in [0, 0.1) is 0 Å². The summed E-state index contributed by atoms with van der Waals surface area (Å²) in [5.41, 5.74) is 1.39. The number of sulfone groups is 1. The summed E-state index contributed by atoms with van der Waals surface area (Å²) in [6, 6.07) is 4.47. The van der Waals surface area contributed by atoms with Crippen molar-refractivity contribution in [2.45, 2.75) is 4.90 Å². The molecule has 5 heteroatoms. The van der Waals surface area contributed by atoms with Crippen LogP contribution in [0.1, 0.15) is 15.9 Å². The standard InChI is InChI=1S/C11H10O4S/c1-7-6-16(13,14)10-5-8(11(12)15-2)3-4-9(7)10/h3-5H,1,6H2,2H3. The summed E-state index contributed by atoms with van der Waals surface area (Å²) in [4.78, 5) is 11.4. The maximum absolute atomic E-state index is 11.7. The van der Waals surface area contributed by atoms with Gasteiger partial charge in [0.1, 0.15) is 0 Å². The first-order chi connectivity index (χ1) is 7.45. The van der Waals surface area contributed by atoms with E-state index in [2.05, 4.69) is 11.3 Å². The molecule has 1 heterocycles. The molecular weight excluding hydrogens is 228 g/mol. The molecule has 0 amide bonds. The third kappa shape index (κ3) is 1.53. The Kier molecular flexibility index (Phi) is 2.35. The molecule has 0 radical (unpaired) electrons. The van der Waals surface area contributed by atoms with Crippen LogP contribution in [-0.2, 0) is 14.6 Å². The second kappa shape index (κ2) is 3.45. The van der Waals surface area contributed by atoms with Crippen molar-refractivity contribution in [2.75, 3.05) is 12.9 Å². The number of carbonyl (C=O) groups excluding carboxylic acids is 1. The van der Waals surface area contributed by atoms with Gasteiger partial charge >= 0.3 is 5.97 Å². The molecule has 2 rings (SSSR count). The first-order valence-corrected chi connectivity index (χ1v) is 6.24. The van der Waals surface area contributed by atoms with Gasteiger partial charge in [0.25, 0.3) is 0 Å².